The van der Waals surface area contributed by atoms with Crippen LogP contribution in [0.15, 0.2) is 24.3 Å². The van der Waals surface area contributed by atoms with Gasteiger partial charge in [-0.15, -0.1) is 0 Å². The van der Waals surface area contributed by atoms with Crippen molar-refractivity contribution in [2.75, 3.05) is 20.2 Å². The van der Waals surface area contributed by atoms with Crippen molar-refractivity contribution in [2.24, 2.45) is 0 Å². The van der Waals surface area contributed by atoms with E-state index in [2.05, 4.69) is 20.8 Å². The predicted octanol–water partition coefficient (Wildman–Crippen LogP) is 2.73. The summed E-state index contributed by atoms with van der Waals surface area (Å²) < 4.78 is 5.53. The normalized spacial score (nSPS) is 10.8. The van der Waals surface area contributed by atoms with Crippen LogP contribution in [0.3, 0.4) is 0 Å². The van der Waals surface area contributed by atoms with Gasteiger partial charge in [0.2, 0.25) is 0 Å². The number of rotatable bonds is 5. The highest BCUT2D eigenvalue weighted by molar-refractivity contribution is 5.77. The van der Waals surface area contributed by atoms with Crippen molar-refractivity contribution in [2.45, 2.75) is 32.6 Å². The summed E-state index contributed by atoms with van der Waals surface area (Å²) in [7, 11) is 1.68. The first-order valence-corrected chi connectivity index (χ1v) is 6.69. The average molecular weight is 274 g/mol. The molecule has 4 heteroatoms. The molecule has 20 heavy (non-hydrogen) atoms. The summed E-state index contributed by atoms with van der Waals surface area (Å²) in [5, 5.41) is 8.49. The third-order valence-electron chi connectivity index (χ3n) is 3.05. The van der Waals surface area contributed by atoms with E-state index in [1.165, 1.54) is 10.5 Å². The molecule has 1 amide bonds. The minimum Gasteiger partial charge on any atom is -0.484 e. The Morgan fingerprint density at radius 2 is 2.10 bits per heavy atom. The molecule has 0 aliphatic heterocycles. The average Bonchev–Trinajstić information content (AvgIpc) is 2.41. The lowest BCUT2D eigenvalue weighted by Crippen LogP contribution is -2.32. The molecule has 4 nitrogen and oxygen atoms in total. The Bertz CT molecular complexity index is 498. The summed E-state index contributed by atoms with van der Waals surface area (Å²) in [6.45, 7) is 6.82. The maximum Gasteiger partial charge on any atom is 0.260 e. The Kier molecular flexibility index (Phi) is 5.57. The molecular weight excluding hydrogens is 252 g/mol. The molecule has 0 radical (unpaired) electrons. The monoisotopic (exact) mass is 274 g/mol. The molecule has 0 aromatic heterocycles. The SMILES string of the molecule is CN(CCC#N)C(=O)COc1cccc(C(C)(C)C)c1. The van der Waals surface area contributed by atoms with E-state index >= 15 is 0 Å². The molecule has 1 aromatic carbocycles. The van der Waals surface area contributed by atoms with Gasteiger partial charge in [-0.3, -0.25) is 4.79 Å². The fraction of sp³-hybridized carbons (Fsp3) is 0.500. The lowest BCUT2D eigenvalue weighted by molar-refractivity contribution is -0.131. The second-order valence-electron chi connectivity index (χ2n) is 5.79. The number of likely N-dealkylation sites (N-methyl/N-ethyl adjacent to an activating group) is 1. The molecule has 108 valence electrons. The third kappa shape index (κ3) is 4.93. The largest absolute Gasteiger partial charge is 0.484 e. The van der Waals surface area contributed by atoms with E-state index in [1.807, 2.05) is 30.3 Å². The molecule has 0 aliphatic rings. The second-order valence-corrected chi connectivity index (χ2v) is 5.79. The quantitative estimate of drug-likeness (QED) is 0.829. The highest BCUT2D eigenvalue weighted by atomic mass is 16.5. The summed E-state index contributed by atoms with van der Waals surface area (Å²) in [5.41, 5.74) is 1.22. The zero-order chi connectivity index (χ0) is 15.2. The maximum absolute atomic E-state index is 11.8. The van der Waals surface area contributed by atoms with Gasteiger partial charge in [-0.1, -0.05) is 32.9 Å². The van der Waals surface area contributed by atoms with E-state index in [9.17, 15) is 4.79 Å². The van der Waals surface area contributed by atoms with Crippen molar-refractivity contribution in [3.8, 4) is 11.8 Å². The Morgan fingerprint density at radius 1 is 1.40 bits per heavy atom. The Balaban J connectivity index is 2.58. The van der Waals surface area contributed by atoms with Crippen molar-refractivity contribution in [1.29, 1.82) is 5.26 Å². The summed E-state index contributed by atoms with van der Waals surface area (Å²) in [6, 6.07) is 9.80. The number of hydrogen-bond donors (Lipinski definition) is 0. The molecule has 0 saturated heterocycles. The number of carbonyl (C=O) groups excluding carboxylic acids is 1. The molecule has 0 fully saturated rings. The zero-order valence-electron chi connectivity index (χ0n) is 12.6. The standard InChI is InChI=1S/C16H22N2O2/c1-16(2,3)13-7-5-8-14(11-13)20-12-15(19)18(4)10-6-9-17/h5,7-8,11H,6,10,12H2,1-4H3. The van der Waals surface area contributed by atoms with E-state index in [1.54, 1.807) is 7.05 Å². The number of benzene rings is 1. The Labute approximate surface area is 121 Å². The minimum atomic E-state index is -0.124. The van der Waals surface area contributed by atoms with E-state index in [0.29, 0.717) is 18.7 Å². The van der Waals surface area contributed by atoms with E-state index in [0.717, 1.165) is 0 Å². The number of hydrogen-bond acceptors (Lipinski definition) is 3. The fourth-order valence-electron chi connectivity index (χ4n) is 1.65. The van der Waals surface area contributed by atoms with Gasteiger partial charge in [0.15, 0.2) is 6.61 Å². The number of amides is 1. The molecule has 0 atom stereocenters. The topological polar surface area (TPSA) is 53.3 Å². The van der Waals surface area contributed by atoms with Crippen molar-refractivity contribution >= 4 is 5.91 Å². The first-order chi connectivity index (χ1) is 9.34. The van der Waals surface area contributed by atoms with Gasteiger partial charge in [-0.2, -0.15) is 5.26 Å². The van der Waals surface area contributed by atoms with E-state index in [-0.39, 0.29) is 17.9 Å². The van der Waals surface area contributed by atoms with Crippen LogP contribution in [-0.4, -0.2) is 31.0 Å². The molecule has 0 N–H and O–H groups in total. The van der Waals surface area contributed by atoms with Gasteiger partial charge >= 0.3 is 0 Å². The Hall–Kier alpha value is -2.02. The van der Waals surface area contributed by atoms with Crippen molar-refractivity contribution < 1.29 is 9.53 Å². The first-order valence-electron chi connectivity index (χ1n) is 6.69. The van der Waals surface area contributed by atoms with Crippen LogP contribution in [0.1, 0.15) is 32.8 Å². The van der Waals surface area contributed by atoms with Crippen LogP contribution in [-0.2, 0) is 10.2 Å². The first kappa shape index (κ1) is 16.0. The number of carbonyl (C=O) groups is 1. The highest BCUT2D eigenvalue weighted by Crippen LogP contribution is 2.25. The molecule has 1 rings (SSSR count). The minimum absolute atomic E-state index is 0.00444. The van der Waals surface area contributed by atoms with Crippen LogP contribution in [0.2, 0.25) is 0 Å². The predicted molar refractivity (Wildman–Crippen MR) is 78.5 cm³/mol. The van der Waals surface area contributed by atoms with Crippen molar-refractivity contribution in [1.82, 2.24) is 4.90 Å². The van der Waals surface area contributed by atoms with Crippen LogP contribution < -0.4 is 4.74 Å². The summed E-state index contributed by atoms with van der Waals surface area (Å²) in [4.78, 5) is 13.3. The van der Waals surface area contributed by atoms with Gasteiger partial charge in [0.05, 0.1) is 12.5 Å². The van der Waals surface area contributed by atoms with Gasteiger partial charge in [-0.25, -0.2) is 0 Å². The summed E-state index contributed by atoms with van der Waals surface area (Å²) >= 11 is 0. The number of nitriles is 1. The molecule has 0 aliphatic carbocycles. The lowest BCUT2D eigenvalue weighted by atomic mass is 9.87. The van der Waals surface area contributed by atoms with Crippen LogP contribution in [0.25, 0.3) is 0 Å². The Morgan fingerprint density at radius 3 is 2.70 bits per heavy atom. The molecule has 0 bridgehead atoms. The van der Waals surface area contributed by atoms with Crippen molar-refractivity contribution in [3.05, 3.63) is 29.8 Å². The highest BCUT2D eigenvalue weighted by Gasteiger charge is 2.14. The third-order valence-corrected chi connectivity index (χ3v) is 3.05. The fourth-order valence-corrected chi connectivity index (χ4v) is 1.65. The summed E-state index contributed by atoms with van der Waals surface area (Å²) in [6.07, 6.45) is 0.335. The smallest absolute Gasteiger partial charge is 0.260 e. The molecule has 1 aromatic rings. The van der Waals surface area contributed by atoms with Crippen molar-refractivity contribution in [3.63, 3.8) is 0 Å². The van der Waals surface area contributed by atoms with Gasteiger partial charge in [-0.05, 0) is 23.1 Å². The molecule has 0 unspecified atom stereocenters. The van der Waals surface area contributed by atoms with Gasteiger partial charge in [0, 0.05) is 13.6 Å². The lowest BCUT2D eigenvalue weighted by Gasteiger charge is -2.20. The maximum atomic E-state index is 11.8. The van der Waals surface area contributed by atoms with E-state index < -0.39 is 0 Å². The van der Waals surface area contributed by atoms with Crippen LogP contribution in [0.4, 0.5) is 0 Å². The number of nitrogens with zero attached hydrogens (tertiary/aromatic N) is 2. The van der Waals surface area contributed by atoms with Gasteiger partial charge in [0.25, 0.3) is 5.91 Å². The molecule has 0 heterocycles. The van der Waals surface area contributed by atoms with Crippen LogP contribution >= 0.6 is 0 Å². The van der Waals surface area contributed by atoms with E-state index in [4.69, 9.17) is 10.00 Å². The molecular formula is C16H22N2O2. The summed E-state index contributed by atoms with van der Waals surface area (Å²) in [5.74, 6) is 0.570. The van der Waals surface area contributed by atoms with Gasteiger partial charge in [0.1, 0.15) is 5.75 Å². The zero-order valence-corrected chi connectivity index (χ0v) is 12.6. The van der Waals surface area contributed by atoms with Crippen LogP contribution in [0, 0.1) is 11.3 Å². The molecule has 0 saturated carbocycles. The number of ether oxygens (including phenoxy) is 1. The molecule has 0 spiro atoms. The van der Waals surface area contributed by atoms with Crippen LogP contribution in [0.5, 0.6) is 5.75 Å². The van der Waals surface area contributed by atoms with Gasteiger partial charge < -0.3 is 9.64 Å². The second kappa shape index (κ2) is 6.95.